The molecule has 0 bridgehead atoms. The van der Waals surface area contributed by atoms with E-state index in [0.717, 1.165) is 30.9 Å². The van der Waals surface area contributed by atoms with Crippen molar-refractivity contribution in [3.63, 3.8) is 0 Å². The lowest BCUT2D eigenvalue weighted by Gasteiger charge is -2.29. The van der Waals surface area contributed by atoms with Crippen molar-refractivity contribution < 1.29 is 54.1 Å². The van der Waals surface area contributed by atoms with Gasteiger partial charge in [-0.05, 0) is 47.9 Å². The quantitative estimate of drug-likeness (QED) is 0.0857. The van der Waals surface area contributed by atoms with E-state index < -0.39 is 64.2 Å². The zero-order chi connectivity index (χ0) is 33.7. The molecule has 12 heteroatoms. The minimum absolute atomic E-state index is 0.0534. The summed E-state index contributed by atoms with van der Waals surface area (Å²) in [4.78, 5) is 0. The van der Waals surface area contributed by atoms with Gasteiger partial charge in [0.25, 0.3) is 0 Å². The number of unbranched alkanes of at least 4 members (excludes halogenated alkanes) is 2. The van der Waals surface area contributed by atoms with Crippen LogP contribution in [0.3, 0.4) is 0 Å². The largest absolute Gasteiger partial charge is 0.489 e. The third-order valence-corrected chi connectivity index (χ3v) is 7.62. The van der Waals surface area contributed by atoms with Crippen molar-refractivity contribution in [2.24, 2.45) is 5.92 Å². The van der Waals surface area contributed by atoms with Crippen LogP contribution in [0.1, 0.15) is 55.6 Å². The topological polar surface area (TPSA) is 36.9 Å². The number of benzene rings is 4. The Morgan fingerprint density at radius 1 is 0.723 bits per heavy atom. The number of ether oxygens (including phenoxy) is 4. The Kier molecular flexibility index (Phi) is 10.7. The average molecular weight is 667 g/mol. The molecule has 47 heavy (non-hydrogen) atoms. The first kappa shape index (κ1) is 34.2. The van der Waals surface area contributed by atoms with E-state index >= 15 is 4.39 Å². The molecule has 5 rings (SSSR count). The number of hydrogen-bond donors (Lipinski definition) is 0. The Morgan fingerprint density at radius 2 is 1.36 bits per heavy atom. The first-order valence-corrected chi connectivity index (χ1v) is 14.9. The van der Waals surface area contributed by atoms with Gasteiger partial charge in [0.1, 0.15) is 41.1 Å². The number of alkyl halides is 2. The third kappa shape index (κ3) is 8.23. The zero-order valence-corrected chi connectivity index (χ0v) is 25.1. The van der Waals surface area contributed by atoms with E-state index in [2.05, 4.69) is 11.7 Å². The van der Waals surface area contributed by atoms with Gasteiger partial charge in [-0.25, -0.2) is 26.3 Å². The molecule has 0 atom stereocenters. The van der Waals surface area contributed by atoms with Gasteiger partial charge in [0.2, 0.25) is 0 Å². The third-order valence-electron chi connectivity index (χ3n) is 7.62. The first-order valence-electron chi connectivity index (χ1n) is 14.9. The van der Waals surface area contributed by atoms with E-state index in [0.29, 0.717) is 42.6 Å². The lowest BCUT2D eigenvalue weighted by Crippen LogP contribution is -2.27. The smallest absolute Gasteiger partial charge is 0.432 e. The monoisotopic (exact) mass is 666 g/mol. The van der Waals surface area contributed by atoms with E-state index in [4.69, 9.17) is 14.2 Å². The van der Waals surface area contributed by atoms with Crippen LogP contribution in [0.25, 0.3) is 11.1 Å². The van der Waals surface area contributed by atoms with Gasteiger partial charge in [0, 0.05) is 29.2 Å². The molecule has 0 aromatic heterocycles. The van der Waals surface area contributed by atoms with E-state index in [-0.39, 0.29) is 24.3 Å². The maximum absolute atomic E-state index is 15.0. The van der Waals surface area contributed by atoms with Crippen LogP contribution in [0, 0.1) is 40.8 Å². The van der Waals surface area contributed by atoms with Crippen LogP contribution < -0.4 is 9.47 Å². The van der Waals surface area contributed by atoms with Gasteiger partial charge in [-0.2, -0.15) is 8.78 Å². The van der Waals surface area contributed by atoms with E-state index in [9.17, 15) is 30.7 Å². The molecule has 0 radical (unpaired) electrons. The molecule has 0 aliphatic carbocycles. The van der Waals surface area contributed by atoms with Crippen LogP contribution >= 0.6 is 0 Å². The summed E-state index contributed by atoms with van der Waals surface area (Å²) in [6.45, 7) is 3.36. The molecule has 0 spiro atoms. The van der Waals surface area contributed by atoms with E-state index in [1.807, 2.05) is 0 Å². The maximum atomic E-state index is 15.0. The number of hydrogen-bond acceptors (Lipinski definition) is 4. The van der Waals surface area contributed by atoms with Crippen LogP contribution in [0.2, 0.25) is 0 Å². The van der Waals surface area contributed by atoms with Gasteiger partial charge in [0.05, 0.1) is 13.2 Å². The van der Waals surface area contributed by atoms with Gasteiger partial charge in [-0.15, -0.1) is 0 Å². The second kappa shape index (κ2) is 14.7. The van der Waals surface area contributed by atoms with Crippen molar-refractivity contribution in [1.82, 2.24) is 0 Å². The number of halogens is 8. The summed E-state index contributed by atoms with van der Waals surface area (Å²) in [7, 11) is 0. The van der Waals surface area contributed by atoms with E-state index in [1.165, 1.54) is 18.6 Å². The first-order chi connectivity index (χ1) is 22.4. The minimum atomic E-state index is -4.77. The predicted molar refractivity (Wildman–Crippen MR) is 156 cm³/mol. The zero-order valence-electron chi connectivity index (χ0n) is 25.1. The lowest BCUT2D eigenvalue weighted by molar-refractivity contribution is -0.206. The molecule has 0 saturated carbocycles. The van der Waals surface area contributed by atoms with Gasteiger partial charge in [-0.3, -0.25) is 0 Å². The van der Waals surface area contributed by atoms with Crippen molar-refractivity contribution in [1.29, 1.82) is 0 Å². The number of rotatable bonds is 12. The molecule has 1 aliphatic heterocycles. The van der Waals surface area contributed by atoms with Crippen LogP contribution in [0.5, 0.6) is 11.5 Å². The van der Waals surface area contributed by atoms with Gasteiger partial charge >= 0.3 is 6.11 Å². The molecule has 0 amide bonds. The van der Waals surface area contributed by atoms with Gasteiger partial charge in [-0.1, -0.05) is 50.5 Å². The summed E-state index contributed by atoms with van der Waals surface area (Å²) < 4.78 is 135. The fourth-order valence-corrected chi connectivity index (χ4v) is 5.15. The summed E-state index contributed by atoms with van der Waals surface area (Å²) in [6, 6.07) is 11.9. The Bertz CT molecular complexity index is 1640. The lowest BCUT2D eigenvalue weighted by atomic mass is 10.0. The molecule has 250 valence electrons. The summed E-state index contributed by atoms with van der Waals surface area (Å²) in [5.74, 6) is -10.5. The molecule has 0 unspecified atom stereocenters. The molecular formula is C35H30F8O4. The van der Waals surface area contributed by atoms with Crippen molar-refractivity contribution >= 4 is 0 Å². The standard InChI is InChI=1S/C35H30F8O4/c1-2-3-4-5-21-18-45-34(46-19-21)22-7-9-24(10-8-22)44-17-20-6-11-26(27(36)12-20)23-13-28(37)32(29(38)14-23)35(42,43)47-25-15-30(39)33(41)31(40)16-25/h6-16,21,34H,2-5,17-19H2,1H3. The Labute approximate surface area is 265 Å². The molecule has 1 saturated heterocycles. The Morgan fingerprint density at radius 3 is 1.96 bits per heavy atom. The summed E-state index contributed by atoms with van der Waals surface area (Å²) in [6.07, 6.45) is -0.682. The molecule has 4 aromatic rings. The fourth-order valence-electron chi connectivity index (χ4n) is 5.15. The average Bonchev–Trinajstić information content (AvgIpc) is 3.02. The molecule has 1 heterocycles. The highest BCUT2D eigenvalue weighted by molar-refractivity contribution is 5.65. The normalized spacial score (nSPS) is 16.7. The molecule has 1 aliphatic rings. The van der Waals surface area contributed by atoms with Gasteiger partial charge < -0.3 is 18.9 Å². The molecule has 0 N–H and O–H groups in total. The van der Waals surface area contributed by atoms with Crippen LogP contribution in [-0.4, -0.2) is 13.2 Å². The second-order valence-corrected chi connectivity index (χ2v) is 11.2. The highest BCUT2D eigenvalue weighted by atomic mass is 19.3. The second-order valence-electron chi connectivity index (χ2n) is 11.2. The van der Waals surface area contributed by atoms with Crippen molar-refractivity contribution in [2.75, 3.05) is 13.2 Å². The summed E-state index contributed by atoms with van der Waals surface area (Å²) in [5, 5.41) is 0. The molecule has 4 aromatic carbocycles. The van der Waals surface area contributed by atoms with Crippen LogP contribution in [0.15, 0.2) is 66.7 Å². The molecular weight excluding hydrogens is 636 g/mol. The van der Waals surface area contributed by atoms with Gasteiger partial charge in [0.15, 0.2) is 23.7 Å². The maximum Gasteiger partial charge on any atom is 0.432 e. The van der Waals surface area contributed by atoms with Crippen LogP contribution in [-0.2, 0) is 22.2 Å². The predicted octanol–water partition coefficient (Wildman–Crippen LogP) is 10.1. The Hall–Kier alpha value is -4.16. The SMILES string of the molecule is CCCCCC1COC(c2ccc(OCc3ccc(-c4cc(F)c(C(F)(F)Oc5cc(F)c(F)c(F)c5)c(F)c4)c(F)c3)cc2)OC1. The fraction of sp³-hybridized carbons (Fsp3) is 0.314. The minimum Gasteiger partial charge on any atom is -0.489 e. The van der Waals surface area contributed by atoms with Crippen LogP contribution in [0.4, 0.5) is 35.1 Å². The molecule has 1 fully saturated rings. The molecule has 4 nitrogen and oxygen atoms in total. The Balaban J connectivity index is 1.21. The van der Waals surface area contributed by atoms with Crippen molar-refractivity contribution in [3.05, 3.63) is 118 Å². The highest BCUT2D eigenvalue weighted by Crippen LogP contribution is 2.38. The van der Waals surface area contributed by atoms with Crippen molar-refractivity contribution in [3.8, 4) is 22.6 Å². The van der Waals surface area contributed by atoms with Crippen molar-refractivity contribution in [2.45, 2.75) is 51.6 Å². The summed E-state index contributed by atoms with van der Waals surface area (Å²) >= 11 is 0. The summed E-state index contributed by atoms with van der Waals surface area (Å²) in [5.41, 5.74) is -1.39. The highest BCUT2D eigenvalue weighted by Gasteiger charge is 2.41. The van der Waals surface area contributed by atoms with E-state index in [1.54, 1.807) is 24.3 Å².